The highest BCUT2D eigenvalue weighted by Crippen LogP contribution is 2.41. The molecule has 0 bridgehead atoms. The molecule has 9 nitrogen and oxygen atoms in total. The third kappa shape index (κ3) is 5.52. The van der Waals surface area contributed by atoms with Gasteiger partial charge in [0.2, 0.25) is 0 Å². The van der Waals surface area contributed by atoms with E-state index in [4.69, 9.17) is 27.9 Å². The summed E-state index contributed by atoms with van der Waals surface area (Å²) in [6.07, 6.45) is 0. The van der Waals surface area contributed by atoms with Crippen molar-refractivity contribution in [3.05, 3.63) is 81.8 Å². The lowest BCUT2D eigenvalue weighted by Gasteiger charge is -2.13. The van der Waals surface area contributed by atoms with E-state index in [0.29, 0.717) is 22.1 Å². The number of aryl methyl sites for hydroxylation is 1. The van der Waals surface area contributed by atoms with E-state index < -0.39 is 26.7 Å². The number of aromatic hydroxyl groups is 1. The molecular formula is C25H19Cl2N3O6S. The quantitative estimate of drug-likeness (QED) is 0.170. The number of carbonyl (C=O) groups is 1. The molecule has 37 heavy (non-hydrogen) atoms. The summed E-state index contributed by atoms with van der Waals surface area (Å²) in [5, 5.41) is 23.1. The minimum absolute atomic E-state index is 0.0252. The van der Waals surface area contributed by atoms with E-state index in [1.165, 1.54) is 25.3 Å². The van der Waals surface area contributed by atoms with Crippen molar-refractivity contribution >= 4 is 67.1 Å². The zero-order valence-electron chi connectivity index (χ0n) is 19.4. The van der Waals surface area contributed by atoms with Gasteiger partial charge in [0.15, 0.2) is 5.75 Å². The number of phenolic OH excluding ortho intramolecular Hbond substituents is 1. The Labute approximate surface area is 222 Å². The van der Waals surface area contributed by atoms with E-state index in [1.54, 1.807) is 43.3 Å². The number of halogens is 2. The minimum Gasteiger partial charge on any atom is -0.505 e. The van der Waals surface area contributed by atoms with Crippen molar-refractivity contribution in [2.45, 2.75) is 11.8 Å². The third-order valence-electron chi connectivity index (χ3n) is 5.45. The molecule has 0 unspecified atom stereocenters. The van der Waals surface area contributed by atoms with Gasteiger partial charge in [0.05, 0.1) is 34.1 Å². The van der Waals surface area contributed by atoms with E-state index in [2.05, 4.69) is 15.5 Å². The maximum absolute atomic E-state index is 13.2. The zero-order valence-corrected chi connectivity index (χ0v) is 21.7. The molecule has 4 rings (SSSR count). The zero-order chi connectivity index (χ0) is 26.9. The molecule has 190 valence electrons. The van der Waals surface area contributed by atoms with Crippen LogP contribution in [0.15, 0.2) is 75.8 Å². The summed E-state index contributed by atoms with van der Waals surface area (Å²) in [6, 6.07) is 15.5. The van der Waals surface area contributed by atoms with Crippen molar-refractivity contribution in [1.29, 1.82) is 0 Å². The second-order valence-corrected chi connectivity index (χ2v) is 10.1. The SMILES string of the molecule is COc1ccc(Cl)c(NC(=O)c2cc3ccccc3c(N=Nc3cc(S(=O)(=O)O)c(Cl)cc3C)c2O)c1. The Hall–Kier alpha value is -3.70. The number of phenols is 1. The topological polar surface area (TPSA) is 138 Å². The van der Waals surface area contributed by atoms with Crippen LogP contribution in [0.4, 0.5) is 17.1 Å². The predicted molar refractivity (Wildman–Crippen MR) is 142 cm³/mol. The molecule has 0 heterocycles. The number of amides is 1. The van der Waals surface area contributed by atoms with Gasteiger partial charge in [0, 0.05) is 11.5 Å². The molecule has 0 aliphatic heterocycles. The van der Waals surface area contributed by atoms with Crippen LogP contribution in [-0.4, -0.2) is 31.1 Å². The van der Waals surface area contributed by atoms with Crippen molar-refractivity contribution in [2.24, 2.45) is 10.2 Å². The van der Waals surface area contributed by atoms with Gasteiger partial charge in [0.1, 0.15) is 16.3 Å². The molecule has 4 aromatic carbocycles. The summed E-state index contributed by atoms with van der Waals surface area (Å²) in [7, 11) is -3.14. The number of carbonyl (C=O) groups excluding carboxylic acids is 1. The molecule has 0 saturated carbocycles. The first kappa shape index (κ1) is 26.4. The van der Waals surface area contributed by atoms with Crippen LogP contribution in [0.5, 0.6) is 11.5 Å². The normalized spacial score (nSPS) is 11.7. The summed E-state index contributed by atoms with van der Waals surface area (Å²) in [6.45, 7) is 1.62. The van der Waals surface area contributed by atoms with Crippen molar-refractivity contribution in [3.63, 3.8) is 0 Å². The molecule has 4 aromatic rings. The first-order valence-corrected chi connectivity index (χ1v) is 12.8. The number of ether oxygens (including phenoxy) is 1. The van der Waals surface area contributed by atoms with Crippen molar-refractivity contribution < 1.29 is 27.6 Å². The van der Waals surface area contributed by atoms with E-state index in [-0.39, 0.29) is 32.7 Å². The number of methoxy groups -OCH3 is 1. The highest BCUT2D eigenvalue weighted by Gasteiger charge is 2.21. The van der Waals surface area contributed by atoms with Crippen LogP contribution in [0.25, 0.3) is 10.8 Å². The smallest absolute Gasteiger partial charge is 0.296 e. The summed E-state index contributed by atoms with van der Waals surface area (Å²) in [5.74, 6) is -0.647. The monoisotopic (exact) mass is 559 g/mol. The van der Waals surface area contributed by atoms with Gasteiger partial charge in [0.25, 0.3) is 16.0 Å². The van der Waals surface area contributed by atoms with Crippen LogP contribution in [0.2, 0.25) is 10.0 Å². The van der Waals surface area contributed by atoms with Gasteiger partial charge in [-0.3, -0.25) is 9.35 Å². The molecule has 0 fully saturated rings. The number of hydrogen-bond donors (Lipinski definition) is 3. The van der Waals surface area contributed by atoms with Crippen molar-refractivity contribution in [3.8, 4) is 11.5 Å². The standard InChI is InChI=1S/C25H19Cl2N3O6S/c1-13-9-19(27)22(37(33,34)35)12-20(13)29-30-23-16-6-4-3-5-14(16)10-17(24(23)31)25(32)28-21-11-15(36-2)7-8-18(21)26/h3-12,31H,1-2H3,(H,28,32)(H,33,34,35). The Morgan fingerprint density at radius 1 is 1.00 bits per heavy atom. The maximum atomic E-state index is 13.2. The Morgan fingerprint density at radius 3 is 2.43 bits per heavy atom. The average molecular weight is 560 g/mol. The fraction of sp³-hybridized carbons (Fsp3) is 0.0800. The van der Waals surface area contributed by atoms with Gasteiger partial charge in [-0.25, -0.2) is 0 Å². The van der Waals surface area contributed by atoms with Gasteiger partial charge in [-0.1, -0.05) is 47.5 Å². The highest BCUT2D eigenvalue weighted by molar-refractivity contribution is 7.86. The molecular weight excluding hydrogens is 541 g/mol. The van der Waals surface area contributed by atoms with E-state index in [1.807, 2.05) is 0 Å². The summed E-state index contributed by atoms with van der Waals surface area (Å²) >= 11 is 12.1. The van der Waals surface area contributed by atoms with Crippen LogP contribution in [0, 0.1) is 6.92 Å². The molecule has 3 N–H and O–H groups in total. The van der Waals surface area contributed by atoms with E-state index >= 15 is 0 Å². The molecule has 12 heteroatoms. The van der Waals surface area contributed by atoms with Gasteiger partial charge in [-0.05, 0) is 48.2 Å². The first-order valence-electron chi connectivity index (χ1n) is 10.6. The van der Waals surface area contributed by atoms with E-state index in [9.17, 15) is 22.9 Å². The maximum Gasteiger partial charge on any atom is 0.296 e. The second kappa shape index (κ2) is 10.3. The van der Waals surface area contributed by atoms with Gasteiger partial charge >= 0.3 is 0 Å². The molecule has 1 amide bonds. The van der Waals surface area contributed by atoms with Crippen LogP contribution < -0.4 is 10.1 Å². The summed E-state index contributed by atoms with van der Waals surface area (Å²) in [4.78, 5) is 12.6. The number of nitrogens with zero attached hydrogens (tertiary/aromatic N) is 2. The number of azo groups is 1. The lowest BCUT2D eigenvalue weighted by Crippen LogP contribution is -2.12. The van der Waals surface area contributed by atoms with Crippen LogP contribution in [0.3, 0.4) is 0 Å². The number of hydrogen-bond acceptors (Lipinski definition) is 7. The van der Waals surface area contributed by atoms with Crippen molar-refractivity contribution in [1.82, 2.24) is 0 Å². The third-order valence-corrected chi connectivity index (χ3v) is 7.10. The Morgan fingerprint density at radius 2 is 1.73 bits per heavy atom. The van der Waals surface area contributed by atoms with Crippen molar-refractivity contribution in [2.75, 3.05) is 12.4 Å². The average Bonchev–Trinajstić information content (AvgIpc) is 2.84. The molecule has 0 aliphatic carbocycles. The minimum atomic E-state index is -4.61. The largest absolute Gasteiger partial charge is 0.505 e. The number of anilines is 1. The molecule has 0 aliphatic rings. The Kier molecular flexibility index (Phi) is 7.37. The van der Waals surface area contributed by atoms with Crippen LogP contribution in [0.1, 0.15) is 15.9 Å². The molecule has 0 atom stereocenters. The van der Waals surface area contributed by atoms with Gasteiger partial charge < -0.3 is 15.2 Å². The number of rotatable bonds is 6. The number of benzene rings is 4. The predicted octanol–water partition coefficient (Wildman–Crippen LogP) is 7.08. The number of fused-ring (bicyclic) bond motifs is 1. The Bertz CT molecular complexity index is 1690. The first-order chi connectivity index (χ1) is 17.5. The fourth-order valence-corrected chi connectivity index (χ4v) is 4.80. The summed E-state index contributed by atoms with van der Waals surface area (Å²) < 4.78 is 37.9. The Balaban J connectivity index is 1.81. The lowest BCUT2D eigenvalue weighted by molar-refractivity contribution is 0.102. The highest BCUT2D eigenvalue weighted by atomic mass is 35.5. The molecule has 0 spiro atoms. The van der Waals surface area contributed by atoms with Crippen LogP contribution >= 0.6 is 23.2 Å². The molecule has 0 radical (unpaired) electrons. The molecule has 0 aromatic heterocycles. The van der Waals surface area contributed by atoms with Gasteiger partial charge in [-0.15, -0.1) is 5.11 Å². The molecule has 0 saturated heterocycles. The summed E-state index contributed by atoms with van der Waals surface area (Å²) in [5.41, 5.74) is 0.696. The fourth-order valence-electron chi connectivity index (χ4n) is 3.56. The van der Waals surface area contributed by atoms with Crippen LogP contribution in [-0.2, 0) is 10.1 Å². The van der Waals surface area contributed by atoms with Gasteiger partial charge in [-0.2, -0.15) is 13.5 Å². The van der Waals surface area contributed by atoms with E-state index in [0.717, 1.165) is 6.07 Å². The lowest BCUT2D eigenvalue weighted by atomic mass is 10.0. The number of nitrogens with one attached hydrogen (secondary N) is 1. The second-order valence-electron chi connectivity index (χ2n) is 7.89.